The average molecular weight is 431 g/mol. The first-order valence-corrected chi connectivity index (χ1v) is 10.3. The molecule has 0 amide bonds. The molecule has 0 fully saturated rings. The van der Waals surface area contributed by atoms with Crippen molar-refractivity contribution in [1.29, 1.82) is 0 Å². The second-order valence-corrected chi connectivity index (χ2v) is 7.72. The minimum Gasteiger partial charge on any atom is -0.357 e. The van der Waals surface area contributed by atoms with Gasteiger partial charge >= 0.3 is 0 Å². The lowest BCUT2D eigenvalue weighted by atomic mass is 10.0. The van der Waals surface area contributed by atoms with E-state index in [0.717, 1.165) is 17.2 Å². The Hall–Kier alpha value is -3.80. The number of rotatable bonds is 4. The number of fused-ring (bicyclic) bond motifs is 1. The van der Waals surface area contributed by atoms with E-state index in [2.05, 4.69) is 10.3 Å². The Labute approximate surface area is 184 Å². The van der Waals surface area contributed by atoms with Crippen LogP contribution in [-0.4, -0.2) is 16.8 Å². The Kier molecular flexibility index (Phi) is 5.27. The third-order valence-electron chi connectivity index (χ3n) is 5.56. The zero-order valence-corrected chi connectivity index (χ0v) is 17.1. The minimum absolute atomic E-state index is 0.179. The fraction of sp³-hybridized carbons (Fsp3) is 0.115. The SMILES string of the molecule is FC1=C(F)C(C2N=C3C=CN(Cc4ccc(-c5ccccc5)cc4F)C=C3N2)=CCC=C1. The smallest absolute Gasteiger partial charge is 0.165 e. The molecule has 1 N–H and O–H groups in total. The first kappa shape index (κ1) is 20.1. The molecular weight excluding hydrogens is 411 g/mol. The molecule has 1 aliphatic carbocycles. The van der Waals surface area contributed by atoms with Crippen molar-refractivity contribution in [2.45, 2.75) is 19.1 Å². The largest absolute Gasteiger partial charge is 0.357 e. The number of benzene rings is 2. The summed E-state index contributed by atoms with van der Waals surface area (Å²) < 4.78 is 43.0. The van der Waals surface area contributed by atoms with E-state index in [1.807, 2.05) is 41.3 Å². The van der Waals surface area contributed by atoms with Crippen molar-refractivity contribution in [1.82, 2.24) is 10.2 Å². The number of allylic oxidation sites excluding steroid dienone is 5. The van der Waals surface area contributed by atoms with Gasteiger partial charge in [0.2, 0.25) is 0 Å². The van der Waals surface area contributed by atoms with Gasteiger partial charge in [-0.25, -0.2) is 13.2 Å². The Morgan fingerprint density at radius 3 is 2.66 bits per heavy atom. The first-order chi connectivity index (χ1) is 15.6. The van der Waals surface area contributed by atoms with Crippen LogP contribution in [0.4, 0.5) is 13.2 Å². The number of halogens is 3. The molecule has 1 unspecified atom stereocenters. The molecule has 2 aliphatic heterocycles. The summed E-state index contributed by atoms with van der Waals surface area (Å²) in [6, 6.07) is 14.9. The molecule has 0 saturated heterocycles. The summed E-state index contributed by atoms with van der Waals surface area (Å²) in [5, 5.41) is 3.14. The van der Waals surface area contributed by atoms with E-state index in [1.54, 1.807) is 42.8 Å². The van der Waals surface area contributed by atoms with Crippen molar-refractivity contribution < 1.29 is 13.2 Å². The van der Waals surface area contributed by atoms with Crippen LogP contribution in [0.25, 0.3) is 11.1 Å². The quantitative estimate of drug-likeness (QED) is 0.636. The van der Waals surface area contributed by atoms with Gasteiger partial charge < -0.3 is 10.2 Å². The van der Waals surface area contributed by atoms with Gasteiger partial charge in [-0.05, 0) is 35.8 Å². The van der Waals surface area contributed by atoms with Gasteiger partial charge in [-0.15, -0.1) is 0 Å². The Morgan fingerprint density at radius 2 is 1.84 bits per heavy atom. The van der Waals surface area contributed by atoms with E-state index in [-0.39, 0.29) is 11.4 Å². The third-order valence-corrected chi connectivity index (χ3v) is 5.56. The molecule has 2 heterocycles. The monoisotopic (exact) mass is 431 g/mol. The molecule has 0 bridgehead atoms. The van der Waals surface area contributed by atoms with Gasteiger partial charge in [0.05, 0.1) is 11.4 Å². The van der Waals surface area contributed by atoms with Crippen molar-refractivity contribution in [3.63, 3.8) is 0 Å². The maximum absolute atomic E-state index is 14.8. The molecule has 3 nitrogen and oxygen atoms in total. The van der Waals surface area contributed by atoms with Gasteiger partial charge in [0.15, 0.2) is 11.7 Å². The topological polar surface area (TPSA) is 27.6 Å². The third kappa shape index (κ3) is 3.91. The second kappa shape index (κ2) is 8.38. The van der Waals surface area contributed by atoms with Gasteiger partial charge in [-0.2, -0.15) is 0 Å². The molecule has 1 atom stereocenters. The molecule has 0 spiro atoms. The second-order valence-electron chi connectivity index (χ2n) is 7.72. The highest BCUT2D eigenvalue weighted by atomic mass is 19.2. The molecule has 0 radical (unpaired) electrons. The van der Waals surface area contributed by atoms with Crippen LogP contribution in [0, 0.1) is 5.82 Å². The van der Waals surface area contributed by atoms with E-state index in [4.69, 9.17) is 0 Å². The van der Waals surface area contributed by atoms with E-state index in [1.165, 1.54) is 0 Å². The molecule has 0 aromatic heterocycles. The molecule has 0 saturated carbocycles. The molecule has 5 rings (SSSR count). The molecule has 32 heavy (non-hydrogen) atoms. The number of hydrogen-bond acceptors (Lipinski definition) is 3. The van der Waals surface area contributed by atoms with E-state index in [9.17, 15) is 13.2 Å². The predicted molar refractivity (Wildman–Crippen MR) is 120 cm³/mol. The normalized spacial score (nSPS) is 19.8. The maximum atomic E-state index is 14.8. The summed E-state index contributed by atoms with van der Waals surface area (Å²) >= 11 is 0. The first-order valence-electron chi connectivity index (χ1n) is 10.3. The fourth-order valence-electron chi connectivity index (χ4n) is 3.90. The summed E-state index contributed by atoms with van der Waals surface area (Å²) in [4.78, 5) is 6.31. The lowest BCUT2D eigenvalue weighted by molar-refractivity contribution is 0.473. The van der Waals surface area contributed by atoms with Crippen LogP contribution in [-0.2, 0) is 6.54 Å². The van der Waals surface area contributed by atoms with Gasteiger partial charge in [-0.3, -0.25) is 4.99 Å². The Balaban J connectivity index is 1.32. The summed E-state index contributed by atoms with van der Waals surface area (Å²) in [5.41, 5.74) is 3.85. The predicted octanol–water partition coefficient (Wildman–Crippen LogP) is 6.07. The zero-order chi connectivity index (χ0) is 22.1. The van der Waals surface area contributed by atoms with E-state index in [0.29, 0.717) is 29.9 Å². The van der Waals surface area contributed by atoms with Crippen molar-refractivity contribution in [2.75, 3.05) is 0 Å². The van der Waals surface area contributed by atoms with Gasteiger partial charge in [-0.1, -0.05) is 54.6 Å². The zero-order valence-electron chi connectivity index (χ0n) is 17.1. The van der Waals surface area contributed by atoms with Crippen LogP contribution in [0.15, 0.2) is 113 Å². The number of aliphatic imine (C=N–C) groups is 1. The van der Waals surface area contributed by atoms with Crippen LogP contribution in [0.3, 0.4) is 0 Å². The van der Waals surface area contributed by atoms with Crippen LogP contribution in [0.2, 0.25) is 0 Å². The maximum Gasteiger partial charge on any atom is 0.165 e. The van der Waals surface area contributed by atoms with Crippen molar-refractivity contribution >= 4 is 5.71 Å². The summed E-state index contributed by atoms with van der Waals surface area (Å²) in [5.74, 6) is -2.08. The van der Waals surface area contributed by atoms with E-state index >= 15 is 0 Å². The summed E-state index contributed by atoms with van der Waals surface area (Å²) in [6.07, 6.45) is 9.44. The number of nitrogens with zero attached hydrogens (tertiary/aromatic N) is 2. The Bertz CT molecular complexity index is 1240. The summed E-state index contributed by atoms with van der Waals surface area (Å²) in [6.45, 7) is 0.329. The van der Waals surface area contributed by atoms with Crippen LogP contribution in [0.5, 0.6) is 0 Å². The number of hydrogen-bond donors (Lipinski definition) is 1. The van der Waals surface area contributed by atoms with Crippen molar-refractivity contribution in [2.24, 2.45) is 4.99 Å². The minimum atomic E-state index is -0.902. The molecule has 2 aromatic carbocycles. The molecule has 2 aromatic rings. The van der Waals surface area contributed by atoms with Gasteiger partial charge in [0.25, 0.3) is 0 Å². The summed E-state index contributed by atoms with van der Waals surface area (Å²) in [7, 11) is 0. The van der Waals surface area contributed by atoms with Crippen LogP contribution >= 0.6 is 0 Å². The lowest BCUT2D eigenvalue weighted by Crippen LogP contribution is -2.27. The van der Waals surface area contributed by atoms with Crippen molar-refractivity contribution in [3.8, 4) is 11.1 Å². The standard InChI is InChI=1S/C26H20F3N3/c27-21-9-5-4-8-20(25(21)29)26-30-23-12-13-32(16-24(23)31-26)15-19-11-10-18(14-22(19)28)17-6-2-1-3-7-17/h1-3,5-14,16,26,31H,4,15H2. The van der Waals surface area contributed by atoms with Gasteiger partial charge in [0, 0.05) is 30.1 Å². The molecular formula is C26H20F3N3. The van der Waals surface area contributed by atoms with Crippen molar-refractivity contribution in [3.05, 3.63) is 120 Å². The average Bonchev–Trinajstić information content (AvgIpc) is 3.15. The highest BCUT2D eigenvalue weighted by Crippen LogP contribution is 2.30. The van der Waals surface area contributed by atoms with E-state index < -0.39 is 17.8 Å². The van der Waals surface area contributed by atoms with Crippen LogP contribution in [0.1, 0.15) is 12.0 Å². The van der Waals surface area contributed by atoms with Crippen LogP contribution < -0.4 is 5.32 Å². The fourth-order valence-corrected chi connectivity index (χ4v) is 3.90. The molecule has 160 valence electrons. The highest BCUT2D eigenvalue weighted by molar-refractivity contribution is 6.10. The Morgan fingerprint density at radius 1 is 1.00 bits per heavy atom. The molecule has 3 aliphatic rings. The number of nitrogens with one attached hydrogen (secondary N) is 1. The van der Waals surface area contributed by atoms with Gasteiger partial charge in [0.1, 0.15) is 12.0 Å². The lowest BCUT2D eigenvalue weighted by Gasteiger charge is -2.21. The molecule has 6 heteroatoms. The highest BCUT2D eigenvalue weighted by Gasteiger charge is 2.29.